The predicted octanol–water partition coefficient (Wildman–Crippen LogP) is 5.83. The van der Waals surface area contributed by atoms with Gasteiger partial charge in [0.25, 0.3) is 5.91 Å². The van der Waals surface area contributed by atoms with E-state index in [0.717, 1.165) is 25.0 Å². The Morgan fingerprint density at radius 1 is 1.13 bits per heavy atom. The first-order valence-electron chi connectivity index (χ1n) is 9.78. The van der Waals surface area contributed by atoms with Crippen LogP contribution in [0.25, 0.3) is 6.08 Å². The summed E-state index contributed by atoms with van der Waals surface area (Å²) < 4.78 is 49.8. The molecule has 0 saturated heterocycles. The standard InChI is InChI=1S/C23H23F3N2O3/c1-3-5-11-31-20-10-9-16(13-21(20)30-4-2)12-17(15-27)22(29)28-19-8-6-7-18(14-19)23(24,25)26/h6-10,12-14H,3-5,11H2,1-2H3,(H,28,29)/b17-12+. The van der Waals surface area contributed by atoms with Crippen molar-refractivity contribution in [3.05, 3.63) is 59.2 Å². The van der Waals surface area contributed by atoms with Crippen LogP contribution < -0.4 is 14.8 Å². The minimum absolute atomic E-state index is 0.0596. The van der Waals surface area contributed by atoms with Gasteiger partial charge in [-0.2, -0.15) is 18.4 Å². The van der Waals surface area contributed by atoms with E-state index in [4.69, 9.17) is 9.47 Å². The van der Waals surface area contributed by atoms with Crippen LogP contribution in [0.2, 0.25) is 0 Å². The quantitative estimate of drug-likeness (QED) is 0.308. The van der Waals surface area contributed by atoms with Crippen molar-refractivity contribution in [1.82, 2.24) is 0 Å². The molecular formula is C23H23F3N2O3. The molecule has 0 aliphatic carbocycles. The number of hydrogen-bond donors (Lipinski definition) is 1. The van der Waals surface area contributed by atoms with Gasteiger partial charge in [-0.05, 0) is 55.3 Å². The Morgan fingerprint density at radius 2 is 1.90 bits per heavy atom. The van der Waals surface area contributed by atoms with Crippen LogP contribution in [0.1, 0.15) is 37.8 Å². The molecule has 2 aromatic rings. The van der Waals surface area contributed by atoms with E-state index in [-0.39, 0.29) is 11.3 Å². The SMILES string of the molecule is CCCCOc1ccc(/C=C(\C#N)C(=O)Nc2cccc(C(F)(F)F)c2)cc1OCC. The topological polar surface area (TPSA) is 71.3 Å². The predicted molar refractivity (Wildman–Crippen MR) is 112 cm³/mol. The van der Waals surface area contributed by atoms with E-state index in [1.807, 2.05) is 6.92 Å². The van der Waals surface area contributed by atoms with Crippen LogP contribution >= 0.6 is 0 Å². The Hall–Kier alpha value is -3.47. The summed E-state index contributed by atoms with van der Waals surface area (Å²) in [4.78, 5) is 12.4. The van der Waals surface area contributed by atoms with Crippen molar-refractivity contribution >= 4 is 17.7 Å². The minimum Gasteiger partial charge on any atom is -0.490 e. The van der Waals surface area contributed by atoms with E-state index in [2.05, 4.69) is 12.2 Å². The van der Waals surface area contributed by atoms with Crippen molar-refractivity contribution < 1.29 is 27.4 Å². The lowest BCUT2D eigenvalue weighted by molar-refractivity contribution is -0.137. The van der Waals surface area contributed by atoms with E-state index in [0.29, 0.717) is 30.3 Å². The summed E-state index contributed by atoms with van der Waals surface area (Å²) >= 11 is 0. The number of alkyl halides is 3. The molecule has 0 saturated carbocycles. The number of anilines is 1. The molecule has 2 rings (SSSR count). The maximum atomic E-state index is 12.9. The highest BCUT2D eigenvalue weighted by atomic mass is 19.4. The first-order valence-corrected chi connectivity index (χ1v) is 9.78. The molecule has 1 amide bonds. The molecule has 8 heteroatoms. The van der Waals surface area contributed by atoms with Gasteiger partial charge < -0.3 is 14.8 Å². The number of carbonyl (C=O) groups excluding carboxylic acids is 1. The molecule has 0 bridgehead atoms. The third-order valence-electron chi connectivity index (χ3n) is 4.15. The molecule has 0 aromatic heterocycles. The zero-order chi connectivity index (χ0) is 22.9. The number of nitrogens with zero attached hydrogens (tertiary/aromatic N) is 1. The minimum atomic E-state index is -4.54. The third kappa shape index (κ3) is 7.07. The van der Waals surface area contributed by atoms with Crippen LogP contribution in [0.4, 0.5) is 18.9 Å². The van der Waals surface area contributed by atoms with Crippen LogP contribution in [0.5, 0.6) is 11.5 Å². The van der Waals surface area contributed by atoms with Crippen LogP contribution in [-0.2, 0) is 11.0 Å². The van der Waals surface area contributed by atoms with Gasteiger partial charge >= 0.3 is 6.18 Å². The number of halogens is 3. The molecule has 164 valence electrons. The fraction of sp³-hybridized carbons (Fsp3) is 0.304. The summed E-state index contributed by atoms with van der Waals surface area (Å²) in [7, 11) is 0. The number of benzene rings is 2. The Balaban J connectivity index is 2.23. The van der Waals surface area contributed by atoms with Gasteiger partial charge in [0, 0.05) is 5.69 Å². The molecule has 31 heavy (non-hydrogen) atoms. The maximum Gasteiger partial charge on any atom is 0.416 e. The maximum absolute atomic E-state index is 12.9. The molecule has 0 heterocycles. The summed E-state index contributed by atoms with van der Waals surface area (Å²) in [6, 6.07) is 11.0. The highest BCUT2D eigenvalue weighted by molar-refractivity contribution is 6.09. The van der Waals surface area contributed by atoms with Gasteiger partial charge in [0.2, 0.25) is 0 Å². The molecule has 0 spiro atoms. The average Bonchev–Trinajstić information content (AvgIpc) is 2.73. The van der Waals surface area contributed by atoms with Crippen molar-refractivity contribution in [2.75, 3.05) is 18.5 Å². The first kappa shape index (κ1) is 23.8. The first-order chi connectivity index (χ1) is 14.8. The number of ether oxygens (including phenoxy) is 2. The summed E-state index contributed by atoms with van der Waals surface area (Å²) in [5.41, 5.74) is -0.704. The third-order valence-corrected chi connectivity index (χ3v) is 4.15. The van der Waals surface area contributed by atoms with Crippen molar-refractivity contribution in [2.24, 2.45) is 0 Å². The number of amides is 1. The molecule has 0 radical (unpaired) electrons. The Bertz CT molecular complexity index is 979. The molecule has 0 aliphatic heterocycles. The lowest BCUT2D eigenvalue weighted by Crippen LogP contribution is -2.14. The fourth-order valence-electron chi connectivity index (χ4n) is 2.62. The zero-order valence-electron chi connectivity index (χ0n) is 17.3. The molecule has 5 nitrogen and oxygen atoms in total. The van der Waals surface area contributed by atoms with E-state index < -0.39 is 17.6 Å². The monoisotopic (exact) mass is 432 g/mol. The van der Waals surface area contributed by atoms with Crippen molar-refractivity contribution in [1.29, 1.82) is 5.26 Å². The number of nitriles is 1. The normalized spacial score (nSPS) is 11.5. The Morgan fingerprint density at radius 3 is 2.55 bits per heavy atom. The number of rotatable bonds is 9. The molecule has 0 atom stereocenters. The van der Waals surface area contributed by atoms with Crippen LogP contribution in [0, 0.1) is 11.3 Å². The van der Waals surface area contributed by atoms with Gasteiger partial charge in [0.1, 0.15) is 11.6 Å². The van der Waals surface area contributed by atoms with Crippen LogP contribution in [0.15, 0.2) is 48.0 Å². The number of unbranched alkanes of at least 4 members (excludes halogenated alkanes) is 1. The molecule has 0 aliphatic rings. The molecule has 0 unspecified atom stereocenters. The van der Waals surface area contributed by atoms with Gasteiger partial charge in [-0.3, -0.25) is 4.79 Å². The fourth-order valence-corrected chi connectivity index (χ4v) is 2.62. The summed E-state index contributed by atoms with van der Waals surface area (Å²) in [5.74, 6) is 0.213. The van der Waals surface area contributed by atoms with Crippen molar-refractivity contribution in [2.45, 2.75) is 32.9 Å². The van der Waals surface area contributed by atoms with Gasteiger partial charge in [-0.15, -0.1) is 0 Å². The summed E-state index contributed by atoms with van der Waals surface area (Å²) in [6.45, 7) is 4.81. The summed E-state index contributed by atoms with van der Waals surface area (Å²) in [6.07, 6.45) is -1.33. The van der Waals surface area contributed by atoms with Crippen molar-refractivity contribution in [3.8, 4) is 17.6 Å². The highest BCUT2D eigenvalue weighted by Gasteiger charge is 2.30. The lowest BCUT2D eigenvalue weighted by atomic mass is 10.1. The van der Waals surface area contributed by atoms with Gasteiger partial charge in [-0.25, -0.2) is 0 Å². The van der Waals surface area contributed by atoms with Crippen LogP contribution in [0.3, 0.4) is 0 Å². The van der Waals surface area contributed by atoms with Crippen molar-refractivity contribution in [3.63, 3.8) is 0 Å². The average molecular weight is 432 g/mol. The van der Waals surface area contributed by atoms with Gasteiger partial charge in [-0.1, -0.05) is 25.5 Å². The van der Waals surface area contributed by atoms with Gasteiger partial charge in [0.05, 0.1) is 18.8 Å². The van der Waals surface area contributed by atoms with E-state index in [1.165, 1.54) is 18.2 Å². The second-order valence-electron chi connectivity index (χ2n) is 6.54. The van der Waals surface area contributed by atoms with Gasteiger partial charge in [0.15, 0.2) is 11.5 Å². The smallest absolute Gasteiger partial charge is 0.416 e. The number of hydrogen-bond acceptors (Lipinski definition) is 4. The molecule has 1 N–H and O–H groups in total. The number of nitrogens with one attached hydrogen (secondary N) is 1. The van der Waals surface area contributed by atoms with Crippen LogP contribution in [-0.4, -0.2) is 19.1 Å². The summed E-state index contributed by atoms with van der Waals surface area (Å²) in [5, 5.41) is 11.7. The molecular weight excluding hydrogens is 409 g/mol. The molecule has 0 fully saturated rings. The number of carbonyl (C=O) groups is 1. The Kier molecular flexibility index (Phi) is 8.50. The zero-order valence-corrected chi connectivity index (χ0v) is 17.3. The second kappa shape index (κ2) is 11.1. The Labute approximate surface area is 179 Å². The largest absolute Gasteiger partial charge is 0.490 e. The van der Waals surface area contributed by atoms with E-state index >= 15 is 0 Å². The molecule has 2 aromatic carbocycles. The van der Waals surface area contributed by atoms with E-state index in [1.54, 1.807) is 24.3 Å². The highest BCUT2D eigenvalue weighted by Crippen LogP contribution is 2.31. The second-order valence-corrected chi connectivity index (χ2v) is 6.54. The lowest BCUT2D eigenvalue weighted by Gasteiger charge is -2.12. The van der Waals surface area contributed by atoms with E-state index in [9.17, 15) is 23.2 Å².